The second-order valence-corrected chi connectivity index (χ2v) is 6.01. The van der Waals surface area contributed by atoms with E-state index >= 15 is 0 Å². The summed E-state index contributed by atoms with van der Waals surface area (Å²) in [7, 11) is 0. The topological polar surface area (TPSA) is 28.2 Å². The van der Waals surface area contributed by atoms with Gasteiger partial charge in [0.15, 0.2) is 0 Å². The van der Waals surface area contributed by atoms with E-state index in [4.69, 9.17) is 11.6 Å². The zero-order valence-corrected chi connectivity index (χ0v) is 12.9. The maximum atomic E-state index is 6.28. The number of hydrogen-bond donors (Lipinski definition) is 1. The molecule has 0 amide bonds. The van der Waals surface area contributed by atoms with Gasteiger partial charge in [-0.3, -0.25) is 4.90 Å². The molecule has 0 spiro atoms. The van der Waals surface area contributed by atoms with Gasteiger partial charge in [0.05, 0.1) is 10.7 Å². The Balaban J connectivity index is 2.07. The quantitative estimate of drug-likeness (QED) is 0.910. The van der Waals surface area contributed by atoms with Crippen LogP contribution in [0.4, 0.5) is 5.82 Å². The monoisotopic (exact) mass is 281 g/mol. The van der Waals surface area contributed by atoms with Crippen LogP contribution in [0.5, 0.6) is 0 Å². The molecular weight excluding hydrogens is 258 g/mol. The van der Waals surface area contributed by atoms with Crippen LogP contribution >= 0.6 is 11.6 Å². The van der Waals surface area contributed by atoms with Crippen LogP contribution in [0, 0.1) is 5.92 Å². The second kappa shape index (κ2) is 6.58. The third-order valence-corrected chi connectivity index (χ3v) is 4.25. The van der Waals surface area contributed by atoms with Gasteiger partial charge in [0, 0.05) is 19.1 Å². The molecule has 19 heavy (non-hydrogen) atoms. The Labute approximate surface area is 121 Å². The van der Waals surface area contributed by atoms with Gasteiger partial charge in [-0.15, -0.1) is 0 Å². The molecule has 2 heterocycles. The van der Waals surface area contributed by atoms with Gasteiger partial charge in [-0.1, -0.05) is 18.5 Å². The van der Waals surface area contributed by atoms with E-state index in [9.17, 15) is 0 Å². The summed E-state index contributed by atoms with van der Waals surface area (Å²) in [6.07, 6.45) is 2.54. The van der Waals surface area contributed by atoms with E-state index < -0.39 is 0 Å². The van der Waals surface area contributed by atoms with Gasteiger partial charge in [-0.05, 0) is 51.3 Å². The highest BCUT2D eigenvalue weighted by Gasteiger charge is 2.23. The molecule has 1 aromatic heterocycles. The van der Waals surface area contributed by atoms with E-state index in [1.54, 1.807) is 0 Å². The minimum Gasteiger partial charge on any atom is -0.370 e. The first-order valence-corrected chi connectivity index (χ1v) is 7.61. The number of anilines is 1. The van der Waals surface area contributed by atoms with Crippen molar-refractivity contribution in [1.82, 2.24) is 9.88 Å². The first-order valence-electron chi connectivity index (χ1n) is 7.23. The fraction of sp³-hybridized carbons (Fsp3) is 0.667. The van der Waals surface area contributed by atoms with Gasteiger partial charge in [0.2, 0.25) is 0 Å². The van der Waals surface area contributed by atoms with E-state index in [2.05, 4.69) is 36.0 Å². The molecule has 0 aliphatic carbocycles. The number of nitrogens with one attached hydrogen (secondary N) is 1. The maximum Gasteiger partial charge on any atom is 0.126 e. The van der Waals surface area contributed by atoms with Crippen molar-refractivity contribution in [2.24, 2.45) is 5.92 Å². The molecule has 3 nitrogen and oxygen atoms in total. The molecular formula is C15H24ClN3. The lowest BCUT2D eigenvalue weighted by molar-refractivity contribution is 0.121. The fourth-order valence-corrected chi connectivity index (χ4v) is 2.92. The van der Waals surface area contributed by atoms with Crippen molar-refractivity contribution in [2.45, 2.75) is 46.2 Å². The summed E-state index contributed by atoms with van der Waals surface area (Å²) >= 11 is 6.28. The van der Waals surface area contributed by atoms with Crippen LogP contribution in [0.25, 0.3) is 0 Å². The van der Waals surface area contributed by atoms with Gasteiger partial charge in [0.25, 0.3) is 0 Å². The molecule has 1 aliphatic heterocycles. The van der Waals surface area contributed by atoms with Gasteiger partial charge in [-0.25, -0.2) is 4.98 Å². The molecule has 1 saturated heterocycles. The first kappa shape index (κ1) is 14.6. The molecule has 1 fully saturated rings. The minimum atomic E-state index is 0.615. The SMILES string of the molecule is CCNc1ccc(Cl)c(CN2CCC(C)CC2C)n1. The van der Waals surface area contributed by atoms with Crippen LogP contribution in [-0.2, 0) is 6.54 Å². The minimum absolute atomic E-state index is 0.615. The second-order valence-electron chi connectivity index (χ2n) is 5.60. The lowest BCUT2D eigenvalue weighted by Crippen LogP contribution is -2.39. The summed E-state index contributed by atoms with van der Waals surface area (Å²) in [6.45, 7) is 9.59. The molecule has 2 unspecified atom stereocenters. The predicted molar refractivity (Wildman–Crippen MR) is 81.7 cm³/mol. The Bertz CT molecular complexity index is 422. The Hall–Kier alpha value is -0.800. The Morgan fingerprint density at radius 1 is 1.42 bits per heavy atom. The summed E-state index contributed by atoms with van der Waals surface area (Å²) < 4.78 is 0. The van der Waals surface area contributed by atoms with Crippen molar-refractivity contribution >= 4 is 17.4 Å². The van der Waals surface area contributed by atoms with Crippen LogP contribution < -0.4 is 5.32 Å². The summed E-state index contributed by atoms with van der Waals surface area (Å²) in [5.41, 5.74) is 0.988. The van der Waals surface area contributed by atoms with E-state index in [1.807, 2.05) is 12.1 Å². The van der Waals surface area contributed by atoms with Gasteiger partial charge in [-0.2, -0.15) is 0 Å². The van der Waals surface area contributed by atoms with Crippen molar-refractivity contribution < 1.29 is 0 Å². The first-order chi connectivity index (χ1) is 9.10. The Kier molecular flexibility index (Phi) is 5.06. The van der Waals surface area contributed by atoms with Crippen molar-refractivity contribution in [3.8, 4) is 0 Å². The highest BCUT2D eigenvalue weighted by atomic mass is 35.5. The molecule has 1 aliphatic rings. The van der Waals surface area contributed by atoms with Crippen molar-refractivity contribution in [3.63, 3.8) is 0 Å². The molecule has 106 valence electrons. The van der Waals surface area contributed by atoms with Crippen LogP contribution in [0.3, 0.4) is 0 Å². The third kappa shape index (κ3) is 3.83. The average Bonchev–Trinajstić information content (AvgIpc) is 2.37. The summed E-state index contributed by atoms with van der Waals surface area (Å²) in [5, 5.41) is 4.01. The molecule has 1 N–H and O–H groups in total. The number of nitrogens with zero attached hydrogens (tertiary/aromatic N) is 2. The maximum absolute atomic E-state index is 6.28. The van der Waals surface area contributed by atoms with Crippen molar-refractivity contribution in [3.05, 3.63) is 22.8 Å². The number of pyridine rings is 1. The summed E-state index contributed by atoms with van der Waals surface area (Å²) in [6, 6.07) is 4.50. The smallest absolute Gasteiger partial charge is 0.126 e. The summed E-state index contributed by atoms with van der Waals surface area (Å²) in [4.78, 5) is 7.11. The lowest BCUT2D eigenvalue weighted by atomic mass is 9.93. The molecule has 2 atom stereocenters. The molecule has 2 rings (SSSR count). The molecule has 0 radical (unpaired) electrons. The van der Waals surface area contributed by atoms with Gasteiger partial charge in [0.1, 0.15) is 5.82 Å². The van der Waals surface area contributed by atoms with E-state index in [-0.39, 0.29) is 0 Å². The number of aromatic nitrogens is 1. The largest absolute Gasteiger partial charge is 0.370 e. The Morgan fingerprint density at radius 3 is 2.89 bits per heavy atom. The van der Waals surface area contributed by atoms with Gasteiger partial charge < -0.3 is 5.32 Å². The number of hydrogen-bond acceptors (Lipinski definition) is 3. The van der Waals surface area contributed by atoms with Crippen LogP contribution in [-0.4, -0.2) is 29.0 Å². The van der Waals surface area contributed by atoms with E-state index in [0.29, 0.717) is 6.04 Å². The van der Waals surface area contributed by atoms with E-state index in [1.165, 1.54) is 12.8 Å². The normalized spacial score (nSPS) is 24.4. The number of rotatable bonds is 4. The Morgan fingerprint density at radius 2 is 2.21 bits per heavy atom. The third-order valence-electron chi connectivity index (χ3n) is 3.91. The van der Waals surface area contributed by atoms with Crippen molar-refractivity contribution in [2.75, 3.05) is 18.4 Å². The number of piperidine rings is 1. The molecule has 4 heteroatoms. The highest BCUT2D eigenvalue weighted by Crippen LogP contribution is 2.25. The number of likely N-dealkylation sites (tertiary alicyclic amines) is 1. The molecule has 0 aromatic carbocycles. The fourth-order valence-electron chi connectivity index (χ4n) is 2.76. The van der Waals surface area contributed by atoms with E-state index in [0.717, 1.165) is 42.1 Å². The van der Waals surface area contributed by atoms with Crippen molar-refractivity contribution in [1.29, 1.82) is 0 Å². The molecule has 1 aromatic rings. The van der Waals surface area contributed by atoms with Crippen LogP contribution in [0.2, 0.25) is 5.02 Å². The highest BCUT2D eigenvalue weighted by molar-refractivity contribution is 6.31. The zero-order valence-electron chi connectivity index (χ0n) is 12.1. The average molecular weight is 282 g/mol. The van der Waals surface area contributed by atoms with Crippen LogP contribution in [0.1, 0.15) is 39.3 Å². The summed E-state index contributed by atoms with van der Waals surface area (Å²) in [5.74, 6) is 1.75. The van der Waals surface area contributed by atoms with Gasteiger partial charge >= 0.3 is 0 Å². The lowest BCUT2D eigenvalue weighted by Gasteiger charge is -2.36. The predicted octanol–water partition coefficient (Wildman–Crippen LogP) is 3.79. The van der Waals surface area contributed by atoms with Crippen LogP contribution in [0.15, 0.2) is 12.1 Å². The standard InChI is InChI=1S/C15H24ClN3/c1-4-17-15-6-5-13(16)14(18-15)10-19-8-7-11(2)9-12(19)3/h5-6,11-12H,4,7-10H2,1-3H3,(H,17,18). The molecule has 0 bridgehead atoms. The zero-order chi connectivity index (χ0) is 13.8. The molecule has 0 saturated carbocycles. The number of halogens is 1.